The topological polar surface area (TPSA) is 73.9 Å². The van der Waals surface area contributed by atoms with Gasteiger partial charge >= 0.3 is 0 Å². The Morgan fingerprint density at radius 1 is 1.08 bits per heavy atom. The number of hydrogen-bond donors (Lipinski definition) is 0. The van der Waals surface area contributed by atoms with Gasteiger partial charge in [-0.3, -0.25) is 0 Å². The Bertz CT molecular complexity index is 1050. The number of aryl methyl sites for hydroxylation is 1. The van der Waals surface area contributed by atoms with Crippen molar-refractivity contribution in [3.8, 4) is 5.75 Å². The summed E-state index contributed by atoms with van der Waals surface area (Å²) in [5.74, 6) is 0.531. The molecule has 4 rings (SSSR count). The predicted octanol–water partition coefficient (Wildman–Crippen LogP) is 4.19. The second-order valence-corrected chi connectivity index (χ2v) is 6.40. The van der Waals surface area contributed by atoms with Crippen molar-refractivity contribution >= 4 is 22.7 Å². The summed E-state index contributed by atoms with van der Waals surface area (Å²) < 4.78 is 24.0. The Kier molecular flexibility index (Phi) is 4.49. The van der Waals surface area contributed by atoms with Gasteiger partial charge < -0.3 is 9.15 Å². The number of halogens is 1. The highest BCUT2D eigenvalue weighted by molar-refractivity contribution is 7.99. The summed E-state index contributed by atoms with van der Waals surface area (Å²) in [6, 6.07) is 11.6. The van der Waals surface area contributed by atoms with Gasteiger partial charge in [0.2, 0.25) is 0 Å². The first-order valence-corrected chi connectivity index (χ1v) is 8.59. The van der Waals surface area contributed by atoms with E-state index in [9.17, 15) is 4.39 Å². The third-order valence-electron chi connectivity index (χ3n) is 3.64. The minimum atomic E-state index is -0.318. The summed E-state index contributed by atoms with van der Waals surface area (Å²) in [5.41, 5.74) is 1.97. The molecule has 130 valence electrons. The zero-order valence-electron chi connectivity index (χ0n) is 13.7. The van der Waals surface area contributed by atoms with E-state index in [0.29, 0.717) is 16.9 Å². The van der Waals surface area contributed by atoms with E-state index in [-0.39, 0.29) is 12.4 Å². The molecule has 0 unspecified atom stereocenters. The van der Waals surface area contributed by atoms with Gasteiger partial charge in [0, 0.05) is 5.39 Å². The molecule has 0 aliphatic rings. The Morgan fingerprint density at radius 3 is 2.77 bits per heavy atom. The molecule has 0 radical (unpaired) electrons. The molecular formula is C18H13FN4O2S. The highest BCUT2D eigenvalue weighted by Crippen LogP contribution is 2.31. The van der Waals surface area contributed by atoms with Crippen LogP contribution in [-0.4, -0.2) is 20.2 Å². The normalized spacial score (nSPS) is 11.0. The van der Waals surface area contributed by atoms with Crippen molar-refractivity contribution in [3.63, 3.8) is 0 Å². The van der Waals surface area contributed by atoms with E-state index in [1.807, 2.05) is 25.1 Å². The van der Waals surface area contributed by atoms with Gasteiger partial charge in [-0.05, 0) is 48.5 Å². The Hall–Kier alpha value is -3.00. The maximum atomic E-state index is 12.9. The largest absolute Gasteiger partial charge is 0.484 e. The maximum absolute atomic E-state index is 12.9. The molecule has 6 nitrogen and oxygen atoms in total. The fraction of sp³-hybridized carbons (Fsp3) is 0.111. The molecule has 0 fully saturated rings. The Balaban J connectivity index is 1.49. The van der Waals surface area contributed by atoms with E-state index in [1.54, 1.807) is 0 Å². The van der Waals surface area contributed by atoms with Crippen molar-refractivity contribution in [2.45, 2.75) is 23.8 Å². The van der Waals surface area contributed by atoms with Crippen molar-refractivity contribution in [1.29, 1.82) is 0 Å². The van der Waals surface area contributed by atoms with Crippen LogP contribution < -0.4 is 4.74 Å². The van der Waals surface area contributed by atoms with E-state index in [1.165, 1.54) is 42.4 Å². The second kappa shape index (κ2) is 7.09. The van der Waals surface area contributed by atoms with Crippen molar-refractivity contribution in [2.75, 3.05) is 0 Å². The van der Waals surface area contributed by atoms with Crippen LogP contribution in [0.1, 0.15) is 11.5 Å². The molecule has 0 atom stereocenters. The van der Waals surface area contributed by atoms with Crippen LogP contribution in [0.5, 0.6) is 5.75 Å². The highest BCUT2D eigenvalue weighted by atomic mass is 32.2. The van der Waals surface area contributed by atoms with E-state index >= 15 is 0 Å². The summed E-state index contributed by atoms with van der Waals surface area (Å²) in [4.78, 5) is 8.63. The minimum Gasteiger partial charge on any atom is -0.484 e. The fourth-order valence-electron chi connectivity index (χ4n) is 2.39. The van der Waals surface area contributed by atoms with Gasteiger partial charge in [0.1, 0.15) is 22.9 Å². The van der Waals surface area contributed by atoms with E-state index in [0.717, 1.165) is 21.5 Å². The quantitative estimate of drug-likeness (QED) is 0.489. The summed E-state index contributed by atoms with van der Waals surface area (Å²) in [5, 5.41) is 10.0. The maximum Gasteiger partial charge on any atom is 0.283 e. The number of hydrogen-bond acceptors (Lipinski definition) is 7. The molecule has 0 saturated heterocycles. The molecule has 0 aliphatic carbocycles. The molecule has 0 spiro atoms. The van der Waals surface area contributed by atoms with Crippen LogP contribution in [-0.2, 0) is 6.61 Å². The lowest BCUT2D eigenvalue weighted by Crippen LogP contribution is -1.95. The van der Waals surface area contributed by atoms with Gasteiger partial charge in [0.05, 0.1) is 5.52 Å². The monoisotopic (exact) mass is 368 g/mol. The van der Waals surface area contributed by atoms with Gasteiger partial charge in [-0.15, -0.1) is 10.2 Å². The van der Waals surface area contributed by atoms with Crippen LogP contribution in [0.15, 0.2) is 63.5 Å². The fourth-order valence-corrected chi connectivity index (χ4v) is 3.15. The molecule has 0 amide bonds. The summed E-state index contributed by atoms with van der Waals surface area (Å²) >= 11 is 1.27. The number of fused-ring (bicyclic) bond motifs is 1. The first-order valence-electron chi connectivity index (χ1n) is 7.78. The summed E-state index contributed by atoms with van der Waals surface area (Å²) in [6.45, 7) is 2.10. The van der Waals surface area contributed by atoms with E-state index in [2.05, 4.69) is 20.2 Å². The summed E-state index contributed by atoms with van der Waals surface area (Å²) in [7, 11) is 0. The number of rotatable bonds is 5. The standard InChI is InChI=1S/C18H13FN4O2S/c1-11-3-2-4-14-16(11)20-10-21-17(14)26-18-23-22-15(25-18)9-24-13-7-5-12(19)6-8-13/h2-8,10H,9H2,1H3. The van der Waals surface area contributed by atoms with Crippen LogP contribution in [0.2, 0.25) is 0 Å². The molecule has 2 aromatic carbocycles. The predicted molar refractivity (Wildman–Crippen MR) is 93.4 cm³/mol. The number of benzene rings is 2. The number of nitrogens with zero attached hydrogens (tertiary/aromatic N) is 4. The van der Waals surface area contributed by atoms with Gasteiger partial charge in [-0.1, -0.05) is 18.2 Å². The Morgan fingerprint density at radius 2 is 1.92 bits per heavy atom. The smallest absolute Gasteiger partial charge is 0.283 e. The van der Waals surface area contributed by atoms with E-state index in [4.69, 9.17) is 9.15 Å². The summed E-state index contributed by atoms with van der Waals surface area (Å²) in [6.07, 6.45) is 1.52. The van der Waals surface area contributed by atoms with Crippen LogP contribution in [0.4, 0.5) is 4.39 Å². The van der Waals surface area contributed by atoms with Crippen LogP contribution in [0, 0.1) is 12.7 Å². The molecule has 2 heterocycles. The SMILES string of the molecule is Cc1cccc2c(Sc3nnc(COc4ccc(F)cc4)o3)ncnc12. The molecule has 26 heavy (non-hydrogen) atoms. The zero-order valence-corrected chi connectivity index (χ0v) is 14.5. The van der Waals surface area contributed by atoms with Gasteiger partial charge in [0.25, 0.3) is 11.1 Å². The Labute approximate surface area is 152 Å². The average molecular weight is 368 g/mol. The number of aromatic nitrogens is 4. The molecular weight excluding hydrogens is 355 g/mol. The van der Waals surface area contributed by atoms with Crippen molar-refractivity contribution < 1.29 is 13.5 Å². The van der Waals surface area contributed by atoms with Crippen molar-refractivity contribution in [1.82, 2.24) is 20.2 Å². The number of para-hydroxylation sites is 1. The van der Waals surface area contributed by atoms with Gasteiger partial charge in [-0.2, -0.15) is 0 Å². The third kappa shape index (κ3) is 3.50. The molecule has 0 aliphatic heterocycles. The lowest BCUT2D eigenvalue weighted by Gasteiger charge is -2.04. The van der Waals surface area contributed by atoms with Crippen molar-refractivity contribution in [3.05, 3.63) is 66.1 Å². The minimum absolute atomic E-state index is 0.100. The van der Waals surface area contributed by atoms with Crippen molar-refractivity contribution in [2.24, 2.45) is 0 Å². The van der Waals surface area contributed by atoms with Crippen LogP contribution in [0.3, 0.4) is 0 Å². The molecule has 0 saturated carbocycles. The van der Waals surface area contributed by atoms with Gasteiger partial charge in [0.15, 0.2) is 6.61 Å². The van der Waals surface area contributed by atoms with Crippen LogP contribution in [0.25, 0.3) is 10.9 Å². The second-order valence-electron chi connectivity index (χ2n) is 5.46. The third-order valence-corrected chi connectivity index (χ3v) is 4.50. The van der Waals surface area contributed by atoms with E-state index < -0.39 is 0 Å². The average Bonchev–Trinajstić information content (AvgIpc) is 3.10. The molecule has 2 aromatic heterocycles. The lowest BCUT2D eigenvalue weighted by molar-refractivity contribution is 0.252. The zero-order chi connectivity index (χ0) is 17.9. The molecule has 0 N–H and O–H groups in total. The lowest BCUT2D eigenvalue weighted by atomic mass is 10.1. The van der Waals surface area contributed by atoms with Crippen LogP contribution >= 0.6 is 11.8 Å². The molecule has 0 bridgehead atoms. The highest BCUT2D eigenvalue weighted by Gasteiger charge is 2.13. The van der Waals surface area contributed by atoms with Gasteiger partial charge in [-0.25, -0.2) is 14.4 Å². The molecule has 8 heteroatoms. The number of ether oxygens (including phenoxy) is 1. The first kappa shape index (κ1) is 16.5. The first-order chi connectivity index (χ1) is 12.7. The molecule has 4 aromatic rings.